The number of Topliss-reactive ketones (excluding diaryl/α,β-unsaturated/α-hetero) is 1. The normalized spacial score (nSPS) is 10.7. The molecule has 4 nitrogen and oxygen atoms in total. The molecule has 1 aromatic carbocycles. The minimum Gasteiger partial charge on any atom is -0.507 e. The highest BCUT2D eigenvalue weighted by Crippen LogP contribution is 2.21. The molecule has 128 valence electrons. The van der Waals surface area contributed by atoms with Gasteiger partial charge in [0, 0.05) is 12.8 Å². The van der Waals surface area contributed by atoms with Crippen LogP contribution in [-0.4, -0.2) is 22.0 Å². The van der Waals surface area contributed by atoms with Crippen molar-refractivity contribution in [1.29, 1.82) is 0 Å². The summed E-state index contributed by atoms with van der Waals surface area (Å²) in [6.07, 6.45) is 8.84. The predicted octanol–water partition coefficient (Wildman–Crippen LogP) is 4.87. The van der Waals surface area contributed by atoms with E-state index >= 15 is 0 Å². The minimum absolute atomic E-state index is 0.0138. The van der Waals surface area contributed by atoms with Crippen LogP contribution in [0.15, 0.2) is 18.2 Å². The number of carboxylic acids is 1. The number of carbonyl (C=O) groups excluding carboxylic acids is 1. The smallest absolute Gasteiger partial charge is 0.303 e. The maximum atomic E-state index is 12.1. The number of hydrogen-bond acceptors (Lipinski definition) is 3. The number of rotatable bonds is 12. The Morgan fingerprint density at radius 3 is 1.96 bits per heavy atom. The molecular formula is C19H28O4. The lowest BCUT2D eigenvalue weighted by Gasteiger charge is -2.05. The second-order valence-corrected chi connectivity index (χ2v) is 6.17. The molecule has 0 fully saturated rings. The van der Waals surface area contributed by atoms with E-state index in [1.165, 1.54) is 0 Å². The van der Waals surface area contributed by atoms with Gasteiger partial charge in [-0.05, 0) is 31.9 Å². The van der Waals surface area contributed by atoms with Crippen LogP contribution in [0.1, 0.15) is 80.1 Å². The first kappa shape index (κ1) is 19.2. The molecule has 0 aliphatic carbocycles. The fourth-order valence-electron chi connectivity index (χ4n) is 2.63. The lowest BCUT2D eigenvalue weighted by Crippen LogP contribution is -2.00. The van der Waals surface area contributed by atoms with Crippen LogP contribution in [0, 0.1) is 6.92 Å². The second-order valence-electron chi connectivity index (χ2n) is 6.17. The highest BCUT2D eigenvalue weighted by molar-refractivity contribution is 5.98. The number of unbranched alkanes of at least 4 members (excludes halogenated alkanes) is 7. The van der Waals surface area contributed by atoms with Crippen molar-refractivity contribution in [3.63, 3.8) is 0 Å². The molecule has 0 atom stereocenters. The monoisotopic (exact) mass is 320 g/mol. The highest BCUT2D eigenvalue weighted by Gasteiger charge is 2.10. The van der Waals surface area contributed by atoms with E-state index in [1.54, 1.807) is 18.2 Å². The van der Waals surface area contributed by atoms with Gasteiger partial charge in [0.15, 0.2) is 5.78 Å². The van der Waals surface area contributed by atoms with Crippen LogP contribution in [0.2, 0.25) is 0 Å². The number of carbonyl (C=O) groups is 2. The quantitative estimate of drug-likeness (QED) is 0.425. The molecular weight excluding hydrogens is 292 g/mol. The Balaban J connectivity index is 2.05. The van der Waals surface area contributed by atoms with E-state index in [9.17, 15) is 14.7 Å². The number of aliphatic carboxylic acids is 1. The molecule has 0 radical (unpaired) electrons. The lowest BCUT2D eigenvalue weighted by atomic mass is 10.0. The summed E-state index contributed by atoms with van der Waals surface area (Å²) in [4.78, 5) is 22.4. The molecule has 0 heterocycles. The zero-order valence-electron chi connectivity index (χ0n) is 14.0. The molecule has 0 bridgehead atoms. The topological polar surface area (TPSA) is 74.6 Å². The Hall–Kier alpha value is -1.84. The van der Waals surface area contributed by atoms with E-state index < -0.39 is 5.97 Å². The molecule has 0 saturated carbocycles. The number of ketones is 1. The van der Waals surface area contributed by atoms with Crippen LogP contribution >= 0.6 is 0 Å². The van der Waals surface area contributed by atoms with Gasteiger partial charge in [-0.15, -0.1) is 0 Å². The van der Waals surface area contributed by atoms with E-state index in [0.717, 1.165) is 56.9 Å². The van der Waals surface area contributed by atoms with Gasteiger partial charge in [0.2, 0.25) is 0 Å². The number of carboxylic acid groups (broad SMARTS) is 1. The van der Waals surface area contributed by atoms with Gasteiger partial charge in [0.1, 0.15) is 5.75 Å². The van der Waals surface area contributed by atoms with Crippen molar-refractivity contribution in [2.24, 2.45) is 0 Å². The first-order valence-corrected chi connectivity index (χ1v) is 8.55. The Labute approximate surface area is 138 Å². The van der Waals surface area contributed by atoms with Crippen LogP contribution in [0.3, 0.4) is 0 Å². The fourth-order valence-corrected chi connectivity index (χ4v) is 2.63. The lowest BCUT2D eigenvalue weighted by molar-refractivity contribution is -0.137. The zero-order chi connectivity index (χ0) is 17.1. The number of aromatic hydroxyl groups is 1. The van der Waals surface area contributed by atoms with Crippen LogP contribution in [-0.2, 0) is 4.79 Å². The number of phenols is 1. The van der Waals surface area contributed by atoms with Gasteiger partial charge in [-0.25, -0.2) is 0 Å². The summed E-state index contributed by atoms with van der Waals surface area (Å²) in [7, 11) is 0. The highest BCUT2D eigenvalue weighted by atomic mass is 16.4. The molecule has 0 aliphatic rings. The third-order valence-corrected chi connectivity index (χ3v) is 4.00. The zero-order valence-corrected chi connectivity index (χ0v) is 14.0. The Bertz CT molecular complexity index is 508. The summed E-state index contributed by atoms with van der Waals surface area (Å²) in [5.41, 5.74) is 1.41. The molecule has 0 amide bonds. The van der Waals surface area contributed by atoms with Gasteiger partial charge in [-0.1, -0.05) is 50.2 Å². The molecule has 0 saturated heterocycles. The van der Waals surface area contributed by atoms with Gasteiger partial charge < -0.3 is 10.2 Å². The average molecular weight is 320 g/mol. The molecule has 0 aliphatic heterocycles. The first-order chi connectivity index (χ1) is 11.0. The Morgan fingerprint density at radius 2 is 1.39 bits per heavy atom. The van der Waals surface area contributed by atoms with Crippen LogP contribution in [0.4, 0.5) is 0 Å². The summed E-state index contributed by atoms with van der Waals surface area (Å²) in [6.45, 7) is 1.91. The third-order valence-electron chi connectivity index (χ3n) is 4.00. The number of phenolic OH excluding ortho intramolecular Hbond substituents is 1. The Kier molecular flexibility index (Phi) is 9.03. The van der Waals surface area contributed by atoms with Crippen molar-refractivity contribution >= 4 is 11.8 Å². The van der Waals surface area contributed by atoms with Gasteiger partial charge in [0.05, 0.1) is 5.56 Å². The Morgan fingerprint density at radius 1 is 0.870 bits per heavy atom. The molecule has 0 spiro atoms. The van der Waals surface area contributed by atoms with E-state index in [1.807, 2.05) is 6.92 Å². The molecule has 1 aromatic rings. The number of hydrogen-bond donors (Lipinski definition) is 2. The minimum atomic E-state index is -0.714. The number of benzene rings is 1. The van der Waals surface area contributed by atoms with Crippen molar-refractivity contribution in [3.8, 4) is 5.75 Å². The summed E-state index contributed by atoms with van der Waals surface area (Å²) < 4.78 is 0. The van der Waals surface area contributed by atoms with E-state index in [0.29, 0.717) is 12.0 Å². The van der Waals surface area contributed by atoms with Crippen molar-refractivity contribution in [2.75, 3.05) is 0 Å². The summed E-state index contributed by atoms with van der Waals surface area (Å²) >= 11 is 0. The maximum Gasteiger partial charge on any atom is 0.303 e. The summed E-state index contributed by atoms with van der Waals surface area (Å²) in [6, 6.07) is 5.12. The second kappa shape index (κ2) is 10.8. The third kappa shape index (κ3) is 8.38. The van der Waals surface area contributed by atoms with Crippen molar-refractivity contribution < 1.29 is 19.8 Å². The summed E-state index contributed by atoms with van der Waals surface area (Å²) in [5, 5.41) is 18.3. The van der Waals surface area contributed by atoms with Crippen molar-refractivity contribution in [1.82, 2.24) is 0 Å². The van der Waals surface area contributed by atoms with Crippen LogP contribution in [0.5, 0.6) is 5.75 Å². The first-order valence-electron chi connectivity index (χ1n) is 8.55. The van der Waals surface area contributed by atoms with E-state index in [2.05, 4.69) is 0 Å². The van der Waals surface area contributed by atoms with Crippen LogP contribution in [0.25, 0.3) is 0 Å². The van der Waals surface area contributed by atoms with Gasteiger partial charge in [-0.3, -0.25) is 9.59 Å². The standard InChI is InChI=1S/C19H28O4/c1-15-12-13-18(21)16(14-15)17(20)10-8-6-4-2-3-5-7-9-11-19(22)23/h12-14,21H,2-11H2,1H3,(H,22,23). The van der Waals surface area contributed by atoms with Crippen molar-refractivity contribution in [2.45, 2.75) is 71.1 Å². The maximum absolute atomic E-state index is 12.1. The molecule has 0 unspecified atom stereocenters. The van der Waals surface area contributed by atoms with E-state index in [4.69, 9.17) is 5.11 Å². The summed E-state index contributed by atoms with van der Waals surface area (Å²) in [5.74, 6) is -0.629. The molecule has 23 heavy (non-hydrogen) atoms. The fraction of sp³-hybridized carbons (Fsp3) is 0.579. The van der Waals surface area contributed by atoms with Crippen LogP contribution < -0.4 is 0 Å². The van der Waals surface area contributed by atoms with Crippen molar-refractivity contribution in [3.05, 3.63) is 29.3 Å². The average Bonchev–Trinajstić information content (AvgIpc) is 2.51. The molecule has 4 heteroatoms. The van der Waals surface area contributed by atoms with E-state index in [-0.39, 0.29) is 18.0 Å². The van der Waals surface area contributed by atoms with Gasteiger partial charge in [-0.2, -0.15) is 0 Å². The van der Waals surface area contributed by atoms with Gasteiger partial charge >= 0.3 is 5.97 Å². The molecule has 1 rings (SSSR count). The number of aryl methyl sites for hydroxylation is 1. The predicted molar refractivity (Wildman–Crippen MR) is 91.0 cm³/mol. The largest absolute Gasteiger partial charge is 0.507 e. The SMILES string of the molecule is Cc1ccc(O)c(C(=O)CCCCCCCCCCC(=O)O)c1. The molecule has 0 aromatic heterocycles. The van der Waals surface area contributed by atoms with Gasteiger partial charge in [0.25, 0.3) is 0 Å². The molecule has 2 N–H and O–H groups in total.